The highest BCUT2D eigenvalue weighted by Gasteiger charge is 2.33. The Morgan fingerprint density at radius 2 is 1.81 bits per heavy atom. The summed E-state index contributed by atoms with van der Waals surface area (Å²) in [5.74, 6) is -1.30. The Balaban J connectivity index is 1.64. The molecule has 3 rings (SSSR count). The Bertz CT molecular complexity index is 909. The van der Waals surface area contributed by atoms with Gasteiger partial charge in [-0.3, -0.25) is 4.79 Å². The van der Waals surface area contributed by atoms with Crippen LogP contribution in [0, 0.1) is 11.7 Å². The van der Waals surface area contributed by atoms with Crippen molar-refractivity contribution in [2.24, 2.45) is 5.92 Å². The third-order valence-electron chi connectivity index (χ3n) is 4.39. The molecular formula is C18H19FN2O4S. The van der Waals surface area contributed by atoms with Crippen LogP contribution < -0.4 is 5.32 Å². The zero-order valence-corrected chi connectivity index (χ0v) is 14.7. The minimum atomic E-state index is -3.91. The Hall–Kier alpha value is -2.45. The number of anilines is 1. The molecule has 0 radical (unpaired) electrons. The summed E-state index contributed by atoms with van der Waals surface area (Å²) in [4.78, 5) is 12.0. The standard InChI is InChI=1S/C18H19FN2O4S/c19-16-6-1-2-7-17(16)26(24,25)21-10-8-13(9-11-21)18(23)20-14-4-3-5-15(22)12-14/h1-7,12-13,22H,8-11H2,(H,20,23). The maximum atomic E-state index is 13.8. The number of amides is 1. The van der Waals surface area contributed by atoms with Crippen molar-refractivity contribution >= 4 is 21.6 Å². The number of piperidine rings is 1. The molecule has 6 nitrogen and oxygen atoms in total. The summed E-state index contributed by atoms with van der Waals surface area (Å²) < 4.78 is 40.2. The van der Waals surface area contributed by atoms with Crippen molar-refractivity contribution in [3.63, 3.8) is 0 Å². The molecule has 1 aliphatic heterocycles. The fourth-order valence-corrected chi connectivity index (χ4v) is 4.51. The number of carbonyl (C=O) groups excluding carboxylic acids is 1. The van der Waals surface area contributed by atoms with Gasteiger partial charge in [0.1, 0.15) is 16.5 Å². The van der Waals surface area contributed by atoms with Crippen LogP contribution in [0.2, 0.25) is 0 Å². The number of halogens is 1. The van der Waals surface area contributed by atoms with E-state index in [0.717, 1.165) is 6.07 Å². The fourth-order valence-electron chi connectivity index (χ4n) is 2.98. The zero-order chi connectivity index (χ0) is 18.7. The SMILES string of the molecule is O=C(Nc1cccc(O)c1)C1CCN(S(=O)(=O)c2ccccc2F)CC1. The number of phenols is 1. The molecule has 0 aliphatic carbocycles. The number of benzene rings is 2. The summed E-state index contributed by atoms with van der Waals surface area (Å²) >= 11 is 0. The first-order valence-electron chi connectivity index (χ1n) is 8.22. The molecule has 8 heteroatoms. The van der Waals surface area contributed by atoms with E-state index in [1.54, 1.807) is 12.1 Å². The van der Waals surface area contributed by atoms with Gasteiger partial charge in [0.05, 0.1) is 0 Å². The third kappa shape index (κ3) is 3.86. The van der Waals surface area contributed by atoms with Crippen molar-refractivity contribution in [2.45, 2.75) is 17.7 Å². The Morgan fingerprint density at radius 3 is 2.46 bits per heavy atom. The van der Waals surface area contributed by atoms with Gasteiger partial charge < -0.3 is 10.4 Å². The molecule has 1 heterocycles. The molecule has 0 unspecified atom stereocenters. The van der Waals surface area contributed by atoms with Crippen LogP contribution in [0.5, 0.6) is 5.75 Å². The Morgan fingerprint density at radius 1 is 1.12 bits per heavy atom. The van der Waals surface area contributed by atoms with Gasteiger partial charge in [-0.15, -0.1) is 0 Å². The van der Waals surface area contributed by atoms with Gasteiger partial charge in [0.2, 0.25) is 15.9 Å². The highest BCUT2D eigenvalue weighted by atomic mass is 32.2. The molecule has 1 amide bonds. The summed E-state index contributed by atoms with van der Waals surface area (Å²) in [6, 6.07) is 11.5. The number of rotatable bonds is 4. The summed E-state index contributed by atoms with van der Waals surface area (Å²) in [5, 5.41) is 12.2. The number of nitrogens with zero attached hydrogens (tertiary/aromatic N) is 1. The van der Waals surface area contributed by atoms with Crippen molar-refractivity contribution in [1.29, 1.82) is 0 Å². The van der Waals surface area contributed by atoms with Gasteiger partial charge >= 0.3 is 0 Å². The summed E-state index contributed by atoms with van der Waals surface area (Å²) in [6.07, 6.45) is 0.691. The average molecular weight is 378 g/mol. The Kier molecular flexibility index (Phi) is 5.24. The molecule has 2 aromatic carbocycles. The number of hydrogen-bond donors (Lipinski definition) is 2. The molecule has 0 atom stereocenters. The van der Waals surface area contributed by atoms with Gasteiger partial charge in [-0.05, 0) is 37.1 Å². The summed E-state index contributed by atoms with van der Waals surface area (Å²) in [6.45, 7) is 0.295. The van der Waals surface area contributed by atoms with E-state index < -0.39 is 15.8 Å². The van der Waals surface area contributed by atoms with Crippen molar-refractivity contribution in [2.75, 3.05) is 18.4 Å². The quantitative estimate of drug-likeness (QED) is 0.856. The van der Waals surface area contributed by atoms with Crippen molar-refractivity contribution in [1.82, 2.24) is 4.31 Å². The van der Waals surface area contributed by atoms with Gasteiger partial charge in [-0.2, -0.15) is 4.31 Å². The lowest BCUT2D eigenvalue weighted by atomic mass is 9.97. The Labute approximate surface area is 151 Å². The van der Waals surface area contributed by atoms with Crippen molar-refractivity contribution in [3.05, 3.63) is 54.3 Å². The molecule has 0 spiro atoms. The molecule has 1 aliphatic rings. The van der Waals surface area contributed by atoms with Gasteiger partial charge in [-0.1, -0.05) is 18.2 Å². The van der Waals surface area contributed by atoms with Crippen LogP contribution in [-0.2, 0) is 14.8 Å². The van der Waals surface area contributed by atoms with E-state index >= 15 is 0 Å². The first kappa shape index (κ1) is 18.3. The molecule has 138 valence electrons. The monoisotopic (exact) mass is 378 g/mol. The van der Waals surface area contributed by atoms with Gasteiger partial charge in [0.15, 0.2) is 0 Å². The topological polar surface area (TPSA) is 86.7 Å². The minimum absolute atomic E-state index is 0.0496. The highest BCUT2D eigenvalue weighted by molar-refractivity contribution is 7.89. The smallest absolute Gasteiger partial charge is 0.245 e. The number of nitrogens with one attached hydrogen (secondary N) is 1. The average Bonchev–Trinajstić information content (AvgIpc) is 2.62. The van der Waals surface area contributed by atoms with E-state index in [-0.39, 0.29) is 35.6 Å². The largest absolute Gasteiger partial charge is 0.508 e. The number of sulfonamides is 1. The molecule has 1 fully saturated rings. The van der Waals surface area contributed by atoms with Crippen LogP contribution >= 0.6 is 0 Å². The molecule has 2 aromatic rings. The first-order chi connectivity index (χ1) is 12.4. The molecular weight excluding hydrogens is 359 g/mol. The lowest BCUT2D eigenvalue weighted by Gasteiger charge is -2.30. The van der Waals surface area contributed by atoms with Crippen molar-refractivity contribution < 1.29 is 22.7 Å². The molecule has 26 heavy (non-hydrogen) atoms. The fraction of sp³-hybridized carbons (Fsp3) is 0.278. The highest BCUT2D eigenvalue weighted by Crippen LogP contribution is 2.26. The molecule has 0 aromatic heterocycles. The predicted molar refractivity (Wildman–Crippen MR) is 94.6 cm³/mol. The maximum absolute atomic E-state index is 13.8. The third-order valence-corrected chi connectivity index (χ3v) is 6.32. The van der Waals surface area contributed by atoms with Gasteiger partial charge in [-0.25, -0.2) is 12.8 Å². The molecule has 1 saturated heterocycles. The minimum Gasteiger partial charge on any atom is -0.508 e. The molecule has 2 N–H and O–H groups in total. The number of aromatic hydroxyl groups is 1. The van der Waals surface area contributed by atoms with Crippen LogP contribution in [-0.4, -0.2) is 36.8 Å². The van der Waals surface area contributed by atoms with Crippen LogP contribution in [0.3, 0.4) is 0 Å². The van der Waals surface area contributed by atoms with Crippen LogP contribution in [0.4, 0.5) is 10.1 Å². The lowest BCUT2D eigenvalue weighted by molar-refractivity contribution is -0.120. The van der Waals surface area contributed by atoms with E-state index in [4.69, 9.17) is 0 Å². The van der Waals surface area contributed by atoms with E-state index in [1.807, 2.05) is 0 Å². The van der Waals surface area contributed by atoms with Crippen molar-refractivity contribution in [3.8, 4) is 5.75 Å². The summed E-state index contributed by atoms with van der Waals surface area (Å²) in [7, 11) is -3.91. The van der Waals surface area contributed by atoms with Crippen LogP contribution in [0.25, 0.3) is 0 Å². The van der Waals surface area contributed by atoms with Gasteiger partial charge in [0, 0.05) is 30.8 Å². The van der Waals surface area contributed by atoms with E-state index in [2.05, 4.69) is 5.32 Å². The molecule has 0 bridgehead atoms. The van der Waals surface area contributed by atoms with Gasteiger partial charge in [0.25, 0.3) is 0 Å². The first-order valence-corrected chi connectivity index (χ1v) is 9.66. The van der Waals surface area contributed by atoms with E-state index in [1.165, 1.54) is 34.6 Å². The normalized spacial score (nSPS) is 16.3. The number of hydrogen-bond acceptors (Lipinski definition) is 4. The van der Waals surface area contributed by atoms with Crippen LogP contribution in [0.15, 0.2) is 53.4 Å². The summed E-state index contributed by atoms with van der Waals surface area (Å²) in [5.41, 5.74) is 0.483. The number of phenolic OH excluding ortho intramolecular Hbond substituents is 1. The lowest BCUT2D eigenvalue weighted by Crippen LogP contribution is -2.41. The second-order valence-electron chi connectivity index (χ2n) is 6.15. The maximum Gasteiger partial charge on any atom is 0.245 e. The van der Waals surface area contributed by atoms with E-state index in [0.29, 0.717) is 18.5 Å². The predicted octanol–water partition coefficient (Wildman–Crippen LogP) is 2.57. The second kappa shape index (κ2) is 7.43. The molecule has 0 saturated carbocycles. The van der Waals surface area contributed by atoms with Crippen LogP contribution in [0.1, 0.15) is 12.8 Å². The second-order valence-corrected chi connectivity index (χ2v) is 8.05. The van der Waals surface area contributed by atoms with E-state index in [9.17, 15) is 22.7 Å². The zero-order valence-electron chi connectivity index (χ0n) is 13.9. The number of carbonyl (C=O) groups is 1.